The lowest BCUT2D eigenvalue weighted by molar-refractivity contribution is 0.627. The highest BCUT2D eigenvalue weighted by molar-refractivity contribution is 7.71. The topological polar surface area (TPSA) is 46.0 Å². The molecule has 0 saturated carbocycles. The Labute approximate surface area is 135 Å². The zero-order valence-electron chi connectivity index (χ0n) is 11.2. The van der Waals surface area contributed by atoms with Gasteiger partial charge in [-0.05, 0) is 54.2 Å². The maximum absolute atomic E-state index is 13.2. The Kier molecular flexibility index (Phi) is 4.13. The van der Waals surface area contributed by atoms with Crippen molar-refractivity contribution in [2.45, 2.75) is 0 Å². The minimum atomic E-state index is -0.322. The average Bonchev–Trinajstić information content (AvgIpc) is 2.87. The van der Waals surface area contributed by atoms with Crippen LogP contribution < -0.4 is 0 Å². The van der Waals surface area contributed by atoms with E-state index in [1.54, 1.807) is 24.3 Å². The Morgan fingerprint density at radius 3 is 2.73 bits per heavy atom. The summed E-state index contributed by atoms with van der Waals surface area (Å²) in [5.74, 6) is 0.229. The number of nitrogens with one attached hydrogen (secondary N) is 1. The van der Waals surface area contributed by atoms with Crippen molar-refractivity contribution in [2.75, 3.05) is 0 Å². The van der Waals surface area contributed by atoms with Crippen LogP contribution in [0.15, 0.2) is 53.6 Å². The van der Waals surface area contributed by atoms with E-state index in [1.165, 1.54) is 23.0 Å². The molecule has 1 N–H and O–H groups in total. The summed E-state index contributed by atoms with van der Waals surface area (Å²) in [6, 6.07) is 13.3. The molecule has 110 valence electrons. The summed E-state index contributed by atoms with van der Waals surface area (Å²) >= 11 is 11.1. The molecule has 0 saturated heterocycles. The van der Waals surface area contributed by atoms with Gasteiger partial charge in [-0.15, -0.1) is 0 Å². The molecule has 3 rings (SSSR count). The minimum Gasteiger partial charge on any atom is -0.250 e. The number of hydrogen-bond donors (Lipinski definition) is 1. The zero-order valence-corrected chi connectivity index (χ0v) is 12.8. The van der Waals surface area contributed by atoms with Crippen molar-refractivity contribution in [2.24, 2.45) is 5.10 Å². The van der Waals surface area contributed by atoms with Crippen LogP contribution in [0.2, 0.25) is 5.02 Å². The highest BCUT2D eigenvalue weighted by Gasteiger charge is 2.07. The molecule has 0 unspecified atom stereocenters. The smallest absolute Gasteiger partial charge is 0.216 e. The molecule has 0 atom stereocenters. The Morgan fingerprint density at radius 1 is 1.23 bits per heavy atom. The Balaban J connectivity index is 1.99. The van der Waals surface area contributed by atoms with Crippen molar-refractivity contribution in [1.82, 2.24) is 14.9 Å². The summed E-state index contributed by atoms with van der Waals surface area (Å²) < 4.78 is 15.0. The number of aromatic amines is 1. The summed E-state index contributed by atoms with van der Waals surface area (Å²) in [4.78, 5) is 0. The molecule has 4 nitrogen and oxygen atoms in total. The molecule has 0 aliphatic heterocycles. The third-order valence-corrected chi connectivity index (χ3v) is 3.44. The van der Waals surface area contributed by atoms with Crippen LogP contribution in [0.5, 0.6) is 0 Å². The maximum Gasteiger partial charge on any atom is 0.216 e. The standard InChI is InChI=1S/C15H10ClFN4S/c16-12-6-4-11(5-7-12)14-19-20-15(22)21(14)18-9-10-2-1-3-13(17)8-10/h1-9H,(H,20,22). The molecule has 0 aliphatic carbocycles. The van der Waals surface area contributed by atoms with Crippen molar-refractivity contribution < 1.29 is 4.39 Å². The lowest BCUT2D eigenvalue weighted by atomic mass is 10.2. The van der Waals surface area contributed by atoms with Crippen LogP contribution in [0.4, 0.5) is 4.39 Å². The fraction of sp³-hybridized carbons (Fsp3) is 0. The first-order valence-electron chi connectivity index (χ1n) is 6.37. The summed E-state index contributed by atoms with van der Waals surface area (Å²) in [5.41, 5.74) is 1.44. The van der Waals surface area contributed by atoms with Crippen LogP contribution in [-0.2, 0) is 0 Å². The largest absolute Gasteiger partial charge is 0.250 e. The fourth-order valence-electron chi connectivity index (χ4n) is 1.90. The van der Waals surface area contributed by atoms with E-state index in [2.05, 4.69) is 15.3 Å². The Hall–Kier alpha value is -2.31. The minimum absolute atomic E-state index is 0.322. The molecule has 7 heteroatoms. The van der Waals surface area contributed by atoms with E-state index in [0.717, 1.165) is 5.56 Å². The van der Waals surface area contributed by atoms with Crippen molar-refractivity contribution >= 4 is 30.0 Å². The second-order valence-electron chi connectivity index (χ2n) is 4.47. The van der Waals surface area contributed by atoms with Gasteiger partial charge in [0.15, 0.2) is 5.82 Å². The first kappa shape index (κ1) is 14.6. The van der Waals surface area contributed by atoms with Gasteiger partial charge in [0.1, 0.15) is 5.82 Å². The van der Waals surface area contributed by atoms with Crippen LogP contribution in [-0.4, -0.2) is 21.1 Å². The maximum atomic E-state index is 13.2. The van der Waals surface area contributed by atoms with Crippen LogP contribution in [0.3, 0.4) is 0 Å². The molecule has 0 fully saturated rings. The number of hydrogen-bond acceptors (Lipinski definition) is 3. The first-order chi connectivity index (χ1) is 10.6. The Morgan fingerprint density at radius 2 is 2.00 bits per heavy atom. The highest BCUT2D eigenvalue weighted by Crippen LogP contribution is 2.19. The van der Waals surface area contributed by atoms with E-state index in [9.17, 15) is 4.39 Å². The molecule has 0 bridgehead atoms. The van der Waals surface area contributed by atoms with Gasteiger partial charge in [-0.3, -0.25) is 0 Å². The van der Waals surface area contributed by atoms with E-state index in [-0.39, 0.29) is 5.82 Å². The van der Waals surface area contributed by atoms with Crippen molar-refractivity contribution in [3.8, 4) is 11.4 Å². The van der Waals surface area contributed by atoms with E-state index in [1.807, 2.05) is 12.1 Å². The lowest BCUT2D eigenvalue weighted by Gasteiger charge is -2.01. The SMILES string of the molecule is Fc1cccc(C=Nn2c(-c3ccc(Cl)cc3)n[nH]c2=S)c1. The quantitative estimate of drug-likeness (QED) is 0.574. The fourth-order valence-corrected chi connectivity index (χ4v) is 2.20. The number of H-pyrrole nitrogens is 1. The summed E-state index contributed by atoms with van der Waals surface area (Å²) in [5, 5.41) is 11.8. The molecule has 0 radical (unpaired) electrons. The van der Waals surface area contributed by atoms with Gasteiger partial charge >= 0.3 is 0 Å². The van der Waals surface area contributed by atoms with E-state index in [4.69, 9.17) is 23.8 Å². The molecule has 0 amide bonds. The number of halogens is 2. The van der Waals surface area contributed by atoms with Gasteiger partial charge in [-0.2, -0.15) is 14.9 Å². The molecule has 3 aromatic rings. The molecule has 0 spiro atoms. The van der Waals surface area contributed by atoms with Crippen molar-refractivity contribution in [3.05, 3.63) is 69.7 Å². The number of aromatic nitrogens is 3. The Bertz CT molecular complexity index is 883. The number of nitrogens with zero attached hydrogens (tertiary/aromatic N) is 3. The van der Waals surface area contributed by atoms with Crippen molar-refractivity contribution in [3.63, 3.8) is 0 Å². The van der Waals surface area contributed by atoms with Crippen LogP contribution in [0, 0.1) is 10.6 Å². The van der Waals surface area contributed by atoms with Crippen LogP contribution in [0.1, 0.15) is 5.56 Å². The second-order valence-corrected chi connectivity index (χ2v) is 5.29. The van der Waals surface area contributed by atoms with Gasteiger partial charge in [-0.1, -0.05) is 23.7 Å². The molecular formula is C15H10ClFN4S. The predicted molar refractivity (Wildman–Crippen MR) is 87.2 cm³/mol. The third kappa shape index (κ3) is 3.13. The van der Waals surface area contributed by atoms with Gasteiger partial charge < -0.3 is 0 Å². The summed E-state index contributed by atoms with van der Waals surface area (Å²) in [6.45, 7) is 0. The predicted octanol–water partition coefficient (Wildman–Crippen LogP) is 4.28. The average molecular weight is 333 g/mol. The lowest BCUT2D eigenvalue weighted by Crippen LogP contribution is -1.95. The zero-order chi connectivity index (χ0) is 15.5. The van der Waals surface area contributed by atoms with Gasteiger partial charge in [-0.25, -0.2) is 9.49 Å². The highest BCUT2D eigenvalue weighted by atomic mass is 35.5. The molecule has 22 heavy (non-hydrogen) atoms. The molecule has 1 aromatic heterocycles. The van der Waals surface area contributed by atoms with Crippen LogP contribution >= 0.6 is 23.8 Å². The normalized spacial score (nSPS) is 11.2. The van der Waals surface area contributed by atoms with E-state index < -0.39 is 0 Å². The van der Waals surface area contributed by atoms with Gasteiger partial charge in [0.25, 0.3) is 0 Å². The molecule has 1 heterocycles. The number of rotatable bonds is 3. The molecule has 0 aliphatic rings. The van der Waals surface area contributed by atoms with E-state index in [0.29, 0.717) is 21.2 Å². The van der Waals surface area contributed by atoms with Crippen molar-refractivity contribution in [1.29, 1.82) is 0 Å². The first-order valence-corrected chi connectivity index (χ1v) is 7.15. The second kappa shape index (κ2) is 6.21. The molecular weight excluding hydrogens is 323 g/mol. The summed E-state index contributed by atoms with van der Waals surface area (Å²) in [6.07, 6.45) is 1.52. The monoisotopic (exact) mass is 332 g/mol. The van der Waals surface area contributed by atoms with Crippen LogP contribution in [0.25, 0.3) is 11.4 Å². The molecule has 2 aromatic carbocycles. The number of benzene rings is 2. The third-order valence-electron chi connectivity index (χ3n) is 2.92. The summed E-state index contributed by atoms with van der Waals surface area (Å²) in [7, 11) is 0. The van der Waals surface area contributed by atoms with Gasteiger partial charge in [0.2, 0.25) is 4.77 Å². The van der Waals surface area contributed by atoms with Gasteiger partial charge in [0.05, 0.1) is 6.21 Å². The van der Waals surface area contributed by atoms with Gasteiger partial charge in [0, 0.05) is 10.6 Å². The van der Waals surface area contributed by atoms with E-state index >= 15 is 0 Å².